The zero-order chi connectivity index (χ0) is 13.8. The highest BCUT2D eigenvalue weighted by Crippen LogP contribution is 2.30. The first-order valence-corrected chi connectivity index (χ1v) is 5.62. The first kappa shape index (κ1) is 12.6. The lowest BCUT2D eigenvalue weighted by molar-refractivity contribution is -0.384. The van der Waals surface area contributed by atoms with Crippen molar-refractivity contribution < 1.29 is 4.92 Å². The van der Waals surface area contributed by atoms with E-state index >= 15 is 0 Å². The van der Waals surface area contributed by atoms with Crippen LogP contribution < -0.4 is 5.32 Å². The fraction of sp³-hybridized carbons (Fsp3) is 0.167. The number of nitrogens with one attached hydrogen (secondary N) is 1. The molecule has 0 aliphatic heterocycles. The highest BCUT2D eigenvalue weighted by Gasteiger charge is 2.19. The van der Waals surface area contributed by atoms with Gasteiger partial charge in [0.15, 0.2) is 0 Å². The molecule has 2 rings (SSSR count). The van der Waals surface area contributed by atoms with Crippen molar-refractivity contribution in [3.63, 3.8) is 0 Å². The molecule has 0 aliphatic carbocycles. The summed E-state index contributed by atoms with van der Waals surface area (Å²) in [5, 5.41) is 26.9. The van der Waals surface area contributed by atoms with Gasteiger partial charge in [-0.1, -0.05) is 6.07 Å². The van der Waals surface area contributed by atoms with Gasteiger partial charge in [-0.25, -0.2) is 0 Å². The van der Waals surface area contributed by atoms with Gasteiger partial charge in [0.05, 0.1) is 16.8 Å². The van der Waals surface area contributed by atoms with E-state index in [1.165, 1.54) is 6.07 Å². The Kier molecular flexibility index (Phi) is 3.43. The Hall–Kier alpha value is -2.88. The van der Waals surface area contributed by atoms with Crippen LogP contribution >= 0.6 is 0 Å². The van der Waals surface area contributed by atoms with Gasteiger partial charge >= 0.3 is 5.69 Å². The molecular weight excluding hydrogens is 246 g/mol. The molecule has 1 heterocycles. The molecule has 96 valence electrons. The number of benzene rings is 1. The summed E-state index contributed by atoms with van der Waals surface area (Å²) >= 11 is 0. The number of nitro groups is 1. The maximum atomic E-state index is 11.0. The highest BCUT2D eigenvalue weighted by atomic mass is 16.6. The van der Waals surface area contributed by atoms with E-state index in [2.05, 4.69) is 10.4 Å². The predicted molar refractivity (Wildman–Crippen MR) is 69.0 cm³/mol. The van der Waals surface area contributed by atoms with Gasteiger partial charge in [-0.15, -0.1) is 0 Å². The van der Waals surface area contributed by atoms with E-state index in [1.807, 2.05) is 13.0 Å². The molecular formula is C12H11N5O2. The number of para-hydroxylation sites is 1. The maximum Gasteiger partial charge on any atom is 0.310 e. The summed E-state index contributed by atoms with van der Waals surface area (Å²) in [7, 11) is 0. The topological polar surface area (TPSA) is 96.8 Å². The molecule has 2 aromatic rings. The van der Waals surface area contributed by atoms with E-state index in [9.17, 15) is 10.1 Å². The summed E-state index contributed by atoms with van der Waals surface area (Å²) in [4.78, 5) is 10.5. The first-order valence-electron chi connectivity index (χ1n) is 5.62. The predicted octanol–water partition coefficient (Wildman–Crippen LogP) is 2.43. The van der Waals surface area contributed by atoms with Crippen molar-refractivity contribution in [1.29, 1.82) is 5.26 Å². The lowest BCUT2D eigenvalue weighted by Crippen LogP contribution is -1.99. The fourth-order valence-corrected chi connectivity index (χ4v) is 1.69. The van der Waals surface area contributed by atoms with Crippen LogP contribution in [0.5, 0.6) is 0 Å². The van der Waals surface area contributed by atoms with E-state index in [0.717, 1.165) is 0 Å². The number of hydrogen-bond donors (Lipinski definition) is 1. The third-order valence-electron chi connectivity index (χ3n) is 2.58. The van der Waals surface area contributed by atoms with Gasteiger partial charge in [0.2, 0.25) is 0 Å². The number of nitrogens with zero attached hydrogens (tertiary/aromatic N) is 4. The van der Waals surface area contributed by atoms with Crippen LogP contribution in [-0.2, 0) is 6.54 Å². The molecule has 19 heavy (non-hydrogen) atoms. The Balaban J connectivity index is 2.40. The molecule has 7 nitrogen and oxygen atoms in total. The fourth-order valence-electron chi connectivity index (χ4n) is 1.69. The standard InChI is InChI=1S/C12H11N5O2/c1-2-16-8-10(7-14-16)15-11-5-3-4-9(6-13)12(11)17(18)19/h3-5,7-8,15H,2H2,1H3. The summed E-state index contributed by atoms with van der Waals surface area (Å²) in [6.07, 6.45) is 3.31. The average molecular weight is 257 g/mol. The molecule has 1 N–H and O–H groups in total. The largest absolute Gasteiger partial charge is 0.347 e. The molecule has 0 aliphatic rings. The van der Waals surface area contributed by atoms with Crippen molar-refractivity contribution in [3.05, 3.63) is 46.3 Å². The number of aromatic nitrogens is 2. The zero-order valence-corrected chi connectivity index (χ0v) is 10.2. The van der Waals surface area contributed by atoms with E-state index in [1.54, 1.807) is 29.2 Å². The molecule has 0 atom stereocenters. The lowest BCUT2D eigenvalue weighted by Gasteiger charge is -2.05. The molecule has 1 aromatic carbocycles. The Labute approximate surface area is 109 Å². The minimum atomic E-state index is -0.564. The van der Waals surface area contributed by atoms with Crippen molar-refractivity contribution >= 4 is 17.1 Å². The van der Waals surface area contributed by atoms with Crippen LogP contribution in [0.1, 0.15) is 12.5 Å². The average Bonchev–Trinajstić information content (AvgIpc) is 2.85. The SMILES string of the molecule is CCn1cc(Nc2cccc(C#N)c2[N+](=O)[O-])cn1. The van der Waals surface area contributed by atoms with Crippen molar-refractivity contribution in [2.45, 2.75) is 13.5 Å². The second-order valence-corrected chi connectivity index (χ2v) is 3.78. The van der Waals surface area contributed by atoms with Gasteiger partial charge < -0.3 is 5.32 Å². The number of nitro benzene ring substituents is 1. The molecule has 0 bridgehead atoms. The number of aryl methyl sites for hydroxylation is 1. The van der Waals surface area contributed by atoms with Crippen molar-refractivity contribution in [2.75, 3.05) is 5.32 Å². The molecule has 0 unspecified atom stereocenters. The second-order valence-electron chi connectivity index (χ2n) is 3.78. The van der Waals surface area contributed by atoms with Gasteiger partial charge in [-0.05, 0) is 19.1 Å². The van der Waals surface area contributed by atoms with Gasteiger partial charge in [-0.3, -0.25) is 14.8 Å². The Morgan fingerprint density at radius 1 is 1.58 bits per heavy atom. The number of anilines is 2. The minimum Gasteiger partial charge on any atom is -0.347 e. The van der Waals surface area contributed by atoms with Crippen molar-refractivity contribution in [2.24, 2.45) is 0 Å². The minimum absolute atomic E-state index is 0.0258. The van der Waals surface area contributed by atoms with Gasteiger partial charge in [0.1, 0.15) is 17.3 Å². The maximum absolute atomic E-state index is 11.0. The summed E-state index contributed by atoms with van der Waals surface area (Å²) < 4.78 is 1.70. The molecule has 0 fully saturated rings. The quantitative estimate of drug-likeness (QED) is 0.670. The lowest BCUT2D eigenvalue weighted by atomic mass is 10.1. The third-order valence-corrected chi connectivity index (χ3v) is 2.58. The molecule has 0 saturated heterocycles. The van der Waals surface area contributed by atoms with E-state index in [0.29, 0.717) is 12.2 Å². The third kappa shape index (κ3) is 2.52. The summed E-state index contributed by atoms with van der Waals surface area (Å²) in [5.41, 5.74) is 0.715. The number of rotatable bonds is 4. The van der Waals surface area contributed by atoms with Crippen LogP contribution in [-0.4, -0.2) is 14.7 Å². The van der Waals surface area contributed by atoms with Crippen LogP contribution in [0.2, 0.25) is 0 Å². The molecule has 0 spiro atoms. The van der Waals surface area contributed by atoms with Crippen LogP contribution in [0.25, 0.3) is 0 Å². The number of hydrogen-bond acceptors (Lipinski definition) is 5. The molecule has 0 amide bonds. The van der Waals surface area contributed by atoms with Gasteiger partial charge in [0.25, 0.3) is 0 Å². The van der Waals surface area contributed by atoms with Gasteiger partial charge in [-0.2, -0.15) is 10.4 Å². The molecule has 7 heteroatoms. The monoisotopic (exact) mass is 257 g/mol. The summed E-state index contributed by atoms with van der Waals surface area (Å²) in [6.45, 7) is 2.65. The Morgan fingerprint density at radius 3 is 2.95 bits per heavy atom. The van der Waals surface area contributed by atoms with Crippen LogP contribution in [0.4, 0.5) is 17.1 Å². The molecule has 0 saturated carbocycles. The second kappa shape index (κ2) is 5.18. The Morgan fingerprint density at radius 2 is 2.37 bits per heavy atom. The highest BCUT2D eigenvalue weighted by molar-refractivity contribution is 5.73. The molecule has 0 radical (unpaired) electrons. The van der Waals surface area contributed by atoms with E-state index < -0.39 is 4.92 Å². The van der Waals surface area contributed by atoms with Crippen molar-refractivity contribution in [1.82, 2.24) is 9.78 Å². The van der Waals surface area contributed by atoms with Crippen LogP contribution in [0.3, 0.4) is 0 Å². The number of nitriles is 1. The van der Waals surface area contributed by atoms with Crippen LogP contribution in [0.15, 0.2) is 30.6 Å². The van der Waals surface area contributed by atoms with E-state index in [4.69, 9.17) is 5.26 Å². The smallest absolute Gasteiger partial charge is 0.310 e. The van der Waals surface area contributed by atoms with Gasteiger partial charge in [0, 0.05) is 12.7 Å². The summed E-state index contributed by atoms with van der Waals surface area (Å²) in [5.74, 6) is 0. The normalized spacial score (nSPS) is 9.89. The summed E-state index contributed by atoms with van der Waals surface area (Å²) in [6, 6.07) is 6.39. The van der Waals surface area contributed by atoms with E-state index in [-0.39, 0.29) is 16.9 Å². The Bertz CT molecular complexity index is 656. The van der Waals surface area contributed by atoms with Crippen LogP contribution in [0, 0.1) is 21.4 Å². The zero-order valence-electron chi connectivity index (χ0n) is 10.2. The van der Waals surface area contributed by atoms with Crippen molar-refractivity contribution in [3.8, 4) is 6.07 Å². The first-order chi connectivity index (χ1) is 9.15. The molecule has 1 aromatic heterocycles.